The summed E-state index contributed by atoms with van der Waals surface area (Å²) in [6.07, 6.45) is 2.21. The molecule has 0 aromatic heterocycles. The highest BCUT2D eigenvalue weighted by molar-refractivity contribution is 5.97. The van der Waals surface area contributed by atoms with Gasteiger partial charge in [-0.3, -0.25) is 4.79 Å². The number of methoxy groups -OCH3 is 1. The van der Waals surface area contributed by atoms with E-state index >= 15 is 0 Å². The second-order valence-corrected chi connectivity index (χ2v) is 5.52. The molecule has 0 heterocycles. The summed E-state index contributed by atoms with van der Waals surface area (Å²) in [4.78, 5) is 12.2. The van der Waals surface area contributed by atoms with E-state index in [1.54, 1.807) is 7.11 Å². The molecule has 0 radical (unpaired) electrons. The van der Waals surface area contributed by atoms with Crippen LogP contribution in [0.3, 0.4) is 0 Å². The molecule has 19 heavy (non-hydrogen) atoms. The van der Waals surface area contributed by atoms with Gasteiger partial charge < -0.3 is 15.8 Å². The van der Waals surface area contributed by atoms with Gasteiger partial charge >= 0.3 is 0 Å². The minimum absolute atomic E-state index is 0.0836. The molecule has 104 valence electrons. The molecular formula is C15H22N2O2. The molecule has 0 saturated heterocycles. The van der Waals surface area contributed by atoms with Crippen LogP contribution in [-0.4, -0.2) is 26.1 Å². The van der Waals surface area contributed by atoms with Gasteiger partial charge in [0.1, 0.15) is 5.75 Å². The number of ether oxygens (including phenoxy) is 1. The minimum Gasteiger partial charge on any atom is -0.496 e. The van der Waals surface area contributed by atoms with Crippen molar-refractivity contribution in [1.82, 2.24) is 5.32 Å². The molecule has 1 aromatic carbocycles. The molecule has 1 fully saturated rings. The second-order valence-electron chi connectivity index (χ2n) is 5.52. The summed E-state index contributed by atoms with van der Waals surface area (Å²) in [5, 5.41) is 2.98. The lowest BCUT2D eigenvalue weighted by molar-refractivity contribution is 0.0942. The SMILES string of the molecule is COc1cc(C)c(C)cc1C(=O)NCC1(CN)CC1. The van der Waals surface area contributed by atoms with Gasteiger partial charge in [-0.05, 0) is 56.5 Å². The van der Waals surface area contributed by atoms with Gasteiger partial charge in [-0.2, -0.15) is 0 Å². The standard InChI is InChI=1S/C15H22N2O2/c1-10-6-12(13(19-3)7-11(10)2)14(18)17-9-15(8-16)4-5-15/h6-7H,4-5,8-9,16H2,1-3H3,(H,17,18). The van der Waals surface area contributed by atoms with E-state index in [1.165, 1.54) is 0 Å². The van der Waals surface area contributed by atoms with Crippen LogP contribution in [0.4, 0.5) is 0 Å². The molecule has 4 nitrogen and oxygen atoms in total. The van der Waals surface area contributed by atoms with Gasteiger partial charge in [0, 0.05) is 12.0 Å². The minimum atomic E-state index is -0.0836. The lowest BCUT2D eigenvalue weighted by Crippen LogP contribution is -2.34. The third-order valence-corrected chi connectivity index (χ3v) is 4.07. The molecule has 1 saturated carbocycles. The normalized spacial score (nSPS) is 16.0. The fourth-order valence-electron chi connectivity index (χ4n) is 2.13. The predicted octanol–water partition coefficient (Wildman–Crippen LogP) is 1.78. The Kier molecular flexibility index (Phi) is 3.80. The average Bonchev–Trinajstić information content (AvgIpc) is 3.19. The first-order valence-electron chi connectivity index (χ1n) is 6.65. The van der Waals surface area contributed by atoms with Gasteiger partial charge in [-0.15, -0.1) is 0 Å². The average molecular weight is 262 g/mol. The number of nitrogens with two attached hydrogens (primary N) is 1. The van der Waals surface area contributed by atoms with E-state index in [9.17, 15) is 4.79 Å². The fraction of sp³-hybridized carbons (Fsp3) is 0.533. The Bertz CT molecular complexity index is 493. The number of hydrogen-bond donors (Lipinski definition) is 2. The van der Waals surface area contributed by atoms with E-state index in [1.807, 2.05) is 26.0 Å². The monoisotopic (exact) mass is 262 g/mol. The topological polar surface area (TPSA) is 64.3 Å². The van der Waals surface area contributed by atoms with Crippen molar-refractivity contribution in [2.75, 3.05) is 20.2 Å². The molecule has 0 aliphatic heterocycles. The summed E-state index contributed by atoms with van der Waals surface area (Å²) in [7, 11) is 1.59. The first kappa shape index (κ1) is 13.9. The summed E-state index contributed by atoms with van der Waals surface area (Å²) in [6, 6.07) is 3.78. The third kappa shape index (κ3) is 2.89. The molecule has 0 bridgehead atoms. The summed E-state index contributed by atoms with van der Waals surface area (Å²) >= 11 is 0. The van der Waals surface area contributed by atoms with Crippen LogP contribution in [0.1, 0.15) is 34.3 Å². The first-order valence-corrected chi connectivity index (χ1v) is 6.65. The van der Waals surface area contributed by atoms with Crippen molar-refractivity contribution in [3.63, 3.8) is 0 Å². The zero-order valence-corrected chi connectivity index (χ0v) is 11.9. The smallest absolute Gasteiger partial charge is 0.255 e. The molecule has 4 heteroatoms. The molecular weight excluding hydrogens is 240 g/mol. The van der Waals surface area contributed by atoms with Gasteiger partial charge in [0.05, 0.1) is 12.7 Å². The first-order chi connectivity index (χ1) is 9.01. The summed E-state index contributed by atoms with van der Waals surface area (Å²) < 4.78 is 5.29. The maximum atomic E-state index is 12.2. The Labute approximate surface area is 114 Å². The highest BCUT2D eigenvalue weighted by atomic mass is 16.5. The van der Waals surface area contributed by atoms with Crippen LogP contribution < -0.4 is 15.8 Å². The number of hydrogen-bond acceptors (Lipinski definition) is 3. The number of carbonyl (C=O) groups is 1. The molecule has 1 aliphatic carbocycles. The highest BCUT2D eigenvalue weighted by Crippen LogP contribution is 2.43. The number of rotatable bonds is 5. The number of nitrogens with one attached hydrogen (secondary N) is 1. The van der Waals surface area contributed by atoms with Gasteiger partial charge in [0.25, 0.3) is 5.91 Å². The van der Waals surface area contributed by atoms with Crippen LogP contribution in [-0.2, 0) is 0 Å². The largest absolute Gasteiger partial charge is 0.496 e. The molecule has 3 N–H and O–H groups in total. The lowest BCUT2D eigenvalue weighted by atomic mass is 10.0. The van der Waals surface area contributed by atoms with Crippen LogP contribution in [0.5, 0.6) is 5.75 Å². The Hall–Kier alpha value is -1.55. The van der Waals surface area contributed by atoms with Crippen LogP contribution in [0.2, 0.25) is 0 Å². The van der Waals surface area contributed by atoms with Crippen molar-refractivity contribution in [2.45, 2.75) is 26.7 Å². The number of aryl methyl sites for hydroxylation is 2. The highest BCUT2D eigenvalue weighted by Gasteiger charge is 2.41. The summed E-state index contributed by atoms with van der Waals surface area (Å²) in [5.41, 5.74) is 8.66. The predicted molar refractivity (Wildman–Crippen MR) is 75.5 cm³/mol. The van der Waals surface area contributed by atoms with Crippen molar-refractivity contribution in [3.8, 4) is 5.75 Å². The van der Waals surface area contributed by atoms with Crippen LogP contribution in [0, 0.1) is 19.3 Å². The Morgan fingerprint density at radius 3 is 2.53 bits per heavy atom. The van der Waals surface area contributed by atoms with E-state index in [4.69, 9.17) is 10.5 Å². The number of benzene rings is 1. The van der Waals surface area contributed by atoms with Crippen molar-refractivity contribution in [2.24, 2.45) is 11.1 Å². The quantitative estimate of drug-likeness (QED) is 0.850. The Morgan fingerprint density at radius 2 is 2.00 bits per heavy atom. The fourth-order valence-corrected chi connectivity index (χ4v) is 2.13. The Morgan fingerprint density at radius 1 is 1.37 bits per heavy atom. The van der Waals surface area contributed by atoms with E-state index in [0.29, 0.717) is 24.4 Å². The molecule has 0 spiro atoms. The molecule has 1 aromatic rings. The summed E-state index contributed by atoms with van der Waals surface area (Å²) in [5.74, 6) is 0.540. The maximum Gasteiger partial charge on any atom is 0.255 e. The maximum absolute atomic E-state index is 12.2. The van der Waals surface area contributed by atoms with Gasteiger partial charge in [-0.25, -0.2) is 0 Å². The van der Waals surface area contributed by atoms with Crippen LogP contribution in [0.25, 0.3) is 0 Å². The van der Waals surface area contributed by atoms with Crippen LogP contribution in [0.15, 0.2) is 12.1 Å². The lowest BCUT2D eigenvalue weighted by Gasteiger charge is -2.15. The third-order valence-electron chi connectivity index (χ3n) is 4.07. The van der Waals surface area contributed by atoms with Gasteiger partial charge in [0.15, 0.2) is 0 Å². The molecule has 0 atom stereocenters. The molecule has 1 amide bonds. The number of amides is 1. The zero-order valence-electron chi connectivity index (χ0n) is 11.9. The van der Waals surface area contributed by atoms with Crippen molar-refractivity contribution in [1.29, 1.82) is 0 Å². The molecule has 2 rings (SSSR count). The zero-order chi connectivity index (χ0) is 14.0. The summed E-state index contributed by atoms with van der Waals surface area (Å²) in [6.45, 7) is 5.29. The van der Waals surface area contributed by atoms with E-state index in [0.717, 1.165) is 24.0 Å². The van der Waals surface area contributed by atoms with Crippen molar-refractivity contribution < 1.29 is 9.53 Å². The molecule has 0 unspecified atom stereocenters. The van der Waals surface area contributed by atoms with E-state index in [2.05, 4.69) is 5.32 Å². The van der Waals surface area contributed by atoms with E-state index in [-0.39, 0.29) is 11.3 Å². The van der Waals surface area contributed by atoms with Crippen molar-refractivity contribution in [3.05, 3.63) is 28.8 Å². The van der Waals surface area contributed by atoms with E-state index < -0.39 is 0 Å². The Balaban J connectivity index is 2.12. The van der Waals surface area contributed by atoms with Gasteiger partial charge in [-0.1, -0.05) is 0 Å². The van der Waals surface area contributed by atoms with Gasteiger partial charge in [0.2, 0.25) is 0 Å². The van der Waals surface area contributed by atoms with Crippen molar-refractivity contribution >= 4 is 5.91 Å². The molecule has 1 aliphatic rings. The van der Waals surface area contributed by atoms with Crippen LogP contribution >= 0.6 is 0 Å². The number of carbonyl (C=O) groups excluding carboxylic acids is 1. The second kappa shape index (κ2) is 5.21.